The van der Waals surface area contributed by atoms with Crippen molar-refractivity contribution in [2.45, 2.75) is 12.6 Å². The van der Waals surface area contributed by atoms with E-state index in [2.05, 4.69) is 15.9 Å². The number of halogens is 4. The lowest BCUT2D eigenvalue weighted by Crippen LogP contribution is -2.33. The van der Waals surface area contributed by atoms with Gasteiger partial charge in [0.25, 0.3) is 0 Å². The van der Waals surface area contributed by atoms with Crippen LogP contribution in [0.25, 0.3) is 0 Å². The van der Waals surface area contributed by atoms with Crippen molar-refractivity contribution in [2.24, 2.45) is 5.73 Å². The van der Waals surface area contributed by atoms with Crippen LogP contribution in [0.4, 0.5) is 29.3 Å². The highest BCUT2D eigenvalue weighted by atomic mass is 79.9. The Bertz CT molecular complexity index is 990. The van der Waals surface area contributed by atoms with Gasteiger partial charge in [0.2, 0.25) is 0 Å². The quantitative estimate of drug-likeness (QED) is 0.501. The lowest BCUT2D eigenvalue weighted by molar-refractivity contribution is -0.138. The van der Waals surface area contributed by atoms with Crippen LogP contribution in [-0.4, -0.2) is 6.03 Å². The first-order valence-electron chi connectivity index (χ1n) is 8.36. The van der Waals surface area contributed by atoms with Crippen LogP contribution in [0.5, 0.6) is 0 Å². The Morgan fingerprint density at radius 2 is 1.50 bits per heavy atom. The third kappa shape index (κ3) is 4.20. The largest absolute Gasteiger partial charge is 0.416 e. The molecule has 0 unspecified atom stereocenters. The lowest BCUT2D eigenvalue weighted by atomic mass is 9.96. The van der Waals surface area contributed by atoms with Gasteiger partial charge < -0.3 is 5.73 Å². The number of hydrogen-bond acceptors (Lipinski definition) is 1. The maximum absolute atomic E-state index is 13.7. The van der Waals surface area contributed by atoms with E-state index in [-0.39, 0.29) is 17.7 Å². The van der Waals surface area contributed by atoms with Crippen LogP contribution in [0, 0.1) is 0 Å². The van der Waals surface area contributed by atoms with E-state index in [0.29, 0.717) is 15.7 Å². The summed E-state index contributed by atoms with van der Waals surface area (Å²) in [6.45, 7) is 0. The van der Waals surface area contributed by atoms with Crippen molar-refractivity contribution >= 4 is 33.3 Å². The number of carbonyl (C=O) groups is 1. The van der Waals surface area contributed by atoms with Crippen LogP contribution in [0.2, 0.25) is 0 Å². The topological polar surface area (TPSA) is 46.3 Å². The second-order valence-corrected chi connectivity index (χ2v) is 6.94. The standard InChI is InChI=1S/C21H16BrF3N2O/c22-17-10-4-5-11-19(17)27(20(26)28)18-12-6-9-16(21(23,24)25)15(18)13-14-7-2-1-3-8-14/h1-12H,13H2,(H2,26,28). The van der Waals surface area contributed by atoms with Crippen molar-refractivity contribution in [3.63, 3.8) is 0 Å². The van der Waals surface area contributed by atoms with E-state index in [1.54, 1.807) is 54.6 Å². The smallest absolute Gasteiger partial charge is 0.351 e. The Morgan fingerprint density at radius 1 is 0.893 bits per heavy atom. The lowest BCUT2D eigenvalue weighted by Gasteiger charge is -2.26. The predicted octanol–water partition coefficient (Wildman–Crippen LogP) is 6.28. The van der Waals surface area contributed by atoms with E-state index < -0.39 is 17.8 Å². The Morgan fingerprint density at radius 3 is 2.11 bits per heavy atom. The molecule has 0 aromatic heterocycles. The molecule has 144 valence electrons. The number of alkyl halides is 3. The normalized spacial score (nSPS) is 11.3. The number of para-hydroxylation sites is 1. The van der Waals surface area contributed by atoms with Gasteiger partial charge in [-0.05, 0) is 51.3 Å². The van der Waals surface area contributed by atoms with E-state index in [0.717, 1.165) is 11.0 Å². The Balaban J connectivity index is 2.24. The second-order valence-electron chi connectivity index (χ2n) is 6.09. The molecule has 0 aliphatic heterocycles. The number of nitrogens with two attached hydrogens (primary N) is 1. The predicted molar refractivity (Wildman–Crippen MR) is 107 cm³/mol. The van der Waals surface area contributed by atoms with Crippen molar-refractivity contribution < 1.29 is 18.0 Å². The molecular weight excluding hydrogens is 433 g/mol. The minimum Gasteiger partial charge on any atom is -0.351 e. The van der Waals surface area contributed by atoms with Gasteiger partial charge in [0.05, 0.1) is 16.9 Å². The monoisotopic (exact) mass is 448 g/mol. The third-order valence-corrected chi connectivity index (χ3v) is 4.91. The highest BCUT2D eigenvalue weighted by Crippen LogP contribution is 2.40. The van der Waals surface area contributed by atoms with Gasteiger partial charge in [-0.1, -0.05) is 48.5 Å². The maximum atomic E-state index is 13.7. The molecule has 28 heavy (non-hydrogen) atoms. The highest BCUT2D eigenvalue weighted by molar-refractivity contribution is 9.10. The first-order chi connectivity index (χ1) is 13.3. The molecule has 3 aromatic rings. The molecule has 0 fully saturated rings. The number of nitrogens with zero attached hydrogens (tertiary/aromatic N) is 1. The summed E-state index contributed by atoms with van der Waals surface area (Å²) in [6.07, 6.45) is -4.57. The summed E-state index contributed by atoms with van der Waals surface area (Å²) < 4.78 is 41.7. The highest BCUT2D eigenvalue weighted by Gasteiger charge is 2.35. The van der Waals surface area contributed by atoms with Crippen molar-refractivity contribution in [3.05, 3.63) is 94.0 Å². The van der Waals surface area contributed by atoms with Crippen LogP contribution < -0.4 is 10.6 Å². The number of hydrogen-bond donors (Lipinski definition) is 1. The molecule has 3 nitrogen and oxygen atoms in total. The van der Waals surface area contributed by atoms with Gasteiger partial charge in [-0.2, -0.15) is 13.2 Å². The van der Waals surface area contributed by atoms with Gasteiger partial charge in [-0.3, -0.25) is 4.90 Å². The van der Waals surface area contributed by atoms with Gasteiger partial charge in [-0.25, -0.2) is 4.79 Å². The fraction of sp³-hybridized carbons (Fsp3) is 0.0952. The summed E-state index contributed by atoms with van der Waals surface area (Å²) in [4.78, 5) is 13.4. The first-order valence-corrected chi connectivity index (χ1v) is 9.15. The summed E-state index contributed by atoms with van der Waals surface area (Å²) in [5, 5.41) is 0. The number of amides is 2. The number of anilines is 2. The molecule has 0 aliphatic rings. The Kier molecular flexibility index (Phi) is 5.74. The third-order valence-electron chi connectivity index (χ3n) is 4.24. The van der Waals surface area contributed by atoms with Crippen molar-refractivity contribution in [1.29, 1.82) is 0 Å². The van der Waals surface area contributed by atoms with Gasteiger partial charge >= 0.3 is 12.2 Å². The number of urea groups is 1. The van der Waals surface area contributed by atoms with E-state index in [1.807, 2.05) is 0 Å². The summed E-state index contributed by atoms with van der Waals surface area (Å²) in [6, 6.07) is 18.4. The molecule has 3 rings (SSSR count). The van der Waals surface area contributed by atoms with Crippen molar-refractivity contribution in [1.82, 2.24) is 0 Å². The molecule has 2 N–H and O–H groups in total. The molecule has 0 bridgehead atoms. The molecule has 2 amide bonds. The number of benzene rings is 3. The maximum Gasteiger partial charge on any atom is 0.416 e. The molecule has 3 aromatic carbocycles. The van der Waals surface area contributed by atoms with Gasteiger partial charge in [0.1, 0.15) is 0 Å². The van der Waals surface area contributed by atoms with Gasteiger partial charge in [-0.15, -0.1) is 0 Å². The second kappa shape index (κ2) is 8.06. The summed E-state index contributed by atoms with van der Waals surface area (Å²) in [5.41, 5.74) is 5.91. The first kappa shape index (κ1) is 19.9. The zero-order valence-corrected chi connectivity index (χ0v) is 16.2. The zero-order valence-electron chi connectivity index (χ0n) is 14.6. The molecule has 0 saturated heterocycles. The average molecular weight is 449 g/mol. The van der Waals surface area contributed by atoms with Crippen LogP contribution in [-0.2, 0) is 12.6 Å². The number of primary amides is 1. The van der Waals surface area contributed by atoms with E-state index >= 15 is 0 Å². The molecule has 0 aliphatic carbocycles. The van der Waals surface area contributed by atoms with Crippen LogP contribution in [0.15, 0.2) is 77.3 Å². The molecule has 0 spiro atoms. The SMILES string of the molecule is NC(=O)N(c1ccccc1Br)c1cccc(C(F)(F)F)c1Cc1ccccc1. The Hall–Kier alpha value is -2.80. The van der Waals surface area contributed by atoms with Crippen LogP contribution in [0.1, 0.15) is 16.7 Å². The molecule has 0 atom stereocenters. The van der Waals surface area contributed by atoms with Crippen molar-refractivity contribution in [2.75, 3.05) is 4.90 Å². The molecule has 0 radical (unpaired) electrons. The van der Waals surface area contributed by atoms with E-state index in [9.17, 15) is 18.0 Å². The van der Waals surface area contributed by atoms with Crippen LogP contribution >= 0.6 is 15.9 Å². The fourth-order valence-corrected chi connectivity index (χ4v) is 3.50. The molecule has 7 heteroatoms. The summed E-state index contributed by atoms with van der Waals surface area (Å²) >= 11 is 3.34. The van der Waals surface area contributed by atoms with Gasteiger partial charge in [0.15, 0.2) is 0 Å². The van der Waals surface area contributed by atoms with Crippen LogP contribution in [0.3, 0.4) is 0 Å². The van der Waals surface area contributed by atoms with E-state index in [4.69, 9.17) is 5.73 Å². The fourth-order valence-electron chi connectivity index (χ4n) is 3.04. The summed E-state index contributed by atoms with van der Waals surface area (Å²) in [7, 11) is 0. The van der Waals surface area contributed by atoms with Crippen molar-refractivity contribution in [3.8, 4) is 0 Å². The minimum absolute atomic E-state index is 0.0000886. The Labute approximate surface area is 168 Å². The molecule has 0 saturated carbocycles. The minimum atomic E-state index is -4.57. The summed E-state index contributed by atoms with van der Waals surface area (Å²) in [5.74, 6) is 0. The number of rotatable bonds is 4. The number of carbonyl (C=O) groups excluding carboxylic acids is 1. The molecular formula is C21H16BrF3N2O. The van der Waals surface area contributed by atoms with Gasteiger partial charge in [0, 0.05) is 10.9 Å². The van der Waals surface area contributed by atoms with E-state index in [1.165, 1.54) is 12.1 Å². The average Bonchev–Trinajstić information content (AvgIpc) is 2.64. The zero-order chi connectivity index (χ0) is 20.3. The molecule has 0 heterocycles.